The van der Waals surface area contributed by atoms with Gasteiger partial charge in [-0.05, 0) is 54.8 Å². The summed E-state index contributed by atoms with van der Waals surface area (Å²) in [7, 11) is 1.18. The summed E-state index contributed by atoms with van der Waals surface area (Å²) in [5.41, 5.74) is -5.88. The number of carbonyl (C=O) groups excluding carboxylic acids is 1. The van der Waals surface area contributed by atoms with E-state index in [-0.39, 0.29) is 27.4 Å². The molecule has 2 aromatic carbocycles. The number of hydrogen-bond donors (Lipinski definition) is 0. The van der Waals surface area contributed by atoms with Gasteiger partial charge in [0.2, 0.25) is 0 Å². The number of methoxy groups -OCH3 is 1. The Kier molecular flexibility index (Phi) is 6.51. The monoisotopic (exact) mass is 507 g/mol. The number of alkyl halides is 7. The Hall–Kier alpha value is -3.01. The highest BCUT2D eigenvalue weighted by molar-refractivity contribution is 6.33. The van der Waals surface area contributed by atoms with Crippen molar-refractivity contribution in [3.05, 3.63) is 75.9 Å². The molecule has 34 heavy (non-hydrogen) atoms. The summed E-state index contributed by atoms with van der Waals surface area (Å²) in [6.07, 6.45) is -10.9. The Morgan fingerprint density at radius 3 is 1.97 bits per heavy atom. The Morgan fingerprint density at radius 2 is 1.47 bits per heavy atom. The summed E-state index contributed by atoms with van der Waals surface area (Å²) in [5, 5.41) is 0.129. The predicted molar refractivity (Wildman–Crippen MR) is 112 cm³/mol. The van der Waals surface area contributed by atoms with Crippen molar-refractivity contribution in [1.29, 1.82) is 0 Å². The fourth-order valence-electron chi connectivity index (χ4n) is 3.78. The minimum Gasteiger partial charge on any atom is -0.465 e. The molecule has 0 saturated carbocycles. The zero-order valence-corrected chi connectivity index (χ0v) is 18.7. The summed E-state index contributed by atoms with van der Waals surface area (Å²) in [5.74, 6) is -0.694. The second kappa shape index (κ2) is 8.65. The highest BCUT2D eigenvalue weighted by atomic mass is 35.5. The van der Waals surface area contributed by atoms with E-state index in [0.29, 0.717) is 23.4 Å². The van der Waals surface area contributed by atoms with Gasteiger partial charge < -0.3 is 9.30 Å². The molecule has 1 aromatic heterocycles. The average Bonchev–Trinajstić information content (AvgIpc) is 3.20. The van der Waals surface area contributed by atoms with Gasteiger partial charge in [0.1, 0.15) is 0 Å². The molecule has 0 bridgehead atoms. The number of carbonyl (C=O) groups is 1. The number of ether oxygens (including phenoxy) is 1. The molecule has 0 atom stereocenters. The molecule has 0 N–H and O–H groups in total. The van der Waals surface area contributed by atoms with Gasteiger partial charge in [0.25, 0.3) is 0 Å². The van der Waals surface area contributed by atoms with Gasteiger partial charge in [-0.1, -0.05) is 29.8 Å². The van der Waals surface area contributed by atoms with E-state index >= 15 is 0 Å². The Labute approximate surface area is 194 Å². The SMILES string of the molecule is COC(=O)c1cc(-c2cccn2-c2c(C)cc(C(F)(C(F)(F)F)C(F)(F)F)cc2C)ccc1Cl. The van der Waals surface area contributed by atoms with E-state index in [1.165, 1.54) is 43.9 Å². The molecule has 0 unspecified atom stereocenters. The van der Waals surface area contributed by atoms with Crippen molar-refractivity contribution in [2.24, 2.45) is 0 Å². The van der Waals surface area contributed by atoms with Crippen molar-refractivity contribution in [3.63, 3.8) is 0 Å². The van der Waals surface area contributed by atoms with Crippen LogP contribution in [0, 0.1) is 13.8 Å². The van der Waals surface area contributed by atoms with Crippen molar-refractivity contribution >= 4 is 17.6 Å². The fraction of sp³-hybridized carbons (Fsp3) is 0.261. The number of benzene rings is 2. The Bertz CT molecular complexity index is 1210. The van der Waals surface area contributed by atoms with Crippen LogP contribution < -0.4 is 0 Å². The Morgan fingerprint density at radius 1 is 0.912 bits per heavy atom. The van der Waals surface area contributed by atoms with Gasteiger partial charge in [-0.15, -0.1) is 0 Å². The molecule has 0 spiro atoms. The van der Waals surface area contributed by atoms with E-state index in [1.54, 1.807) is 18.2 Å². The van der Waals surface area contributed by atoms with Crippen LogP contribution >= 0.6 is 11.6 Å². The summed E-state index contributed by atoms with van der Waals surface area (Å²) >= 11 is 6.05. The van der Waals surface area contributed by atoms with Gasteiger partial charge in [-0.2, -0.15) is 26.3 Å². The molecule has 182 valence electrons. The third-order valence-corrected chi connectivity index (χ3v) is 5.66. The van der Waals surface area contributed by atoms with E-state index in [2.05, 4.69) is 0 Å². The molecule has 1 heterocycles. The maximum atomic E-state index is 14.6. The highest BCUT2D eigenvalue weighted by Gasteiger charge is 2.73. The molecule has 3 nitrogen and oxygen atoms in total. The largest absolute Gasteiger partial charge is 0.465 e. The van der Waals surface area contributed by atoms with E-state index < -0.39 is 29.6 Å². The highest BCUT2D eigenvalue weighted by Crippen LogP contribution is 2.53. The van der Waals surface area contributed by atoms with Gasteiger partial charge in [0, 0.05) is 11.8 Å². The lowest BCUT2D eigenvalue weighted by Gasteiger charge is -2.31. The topological polar surface area (TPSA) is 31.2 Å². The quantitative estimate of drug-likeness (QED) is 0.270. The van der Waals surface area contributed by atoms with Crippen LogP contribution in [0.5, 0.6) is 0 Å². The van der Waals surface area contributed by atoms with E-state index in [0.717, 1.165) is 0 Å². The van der Waals surface area contributed by atoms with Crippen molar-refractivity contribution in [1.82, 2.24) is 4.57 Å². The molecule has 0 aliphatic heterocycles. The molecule has 0 radical (unpaired) electrons. The second-order valence-electron chi connectivity index (χ2n) is 7.56. The summed E-state index contributed by atoms with van der Waals surface area (Å²) in [6, 6.07) is 8.77. The molecule has 3 aromatic rings. The van der Waals surface area contributed by atoms with Crippen molar-refractivity contribution in [2.75, 3.05) is 7.11 Å². The minimum atomic E-state index is -6.21. The van der Waals surface area contributed by atoms with E-state index in [4.69, 9.17) is 16.3 Å². The predicted octanol–water partition coefficient (Wildman–Crippen LogP) is 7.49. The van der Waals surface area contributed by atoms with Gasteiger partial charge >= 0.3 is 24.0 Å². The summed E-state index contributed by atoms with van der Waals surface area (Å²) < 4.78 is 100. The Balaban J connectivity index is 2.19. The van der Waals surface area contributed by atoms with E-state index in [1.807, 2.05) is 0 Å². The number of rotatable bonds is 4. The zero-order chi connectivity index (χ0) is 25.6. The first-order chi connectivity index (χ1) is 15.6. The van der Waals surface area contributed by atoms with E-state index in [9.17, 15) is 35.5 Å². The number of aromatic nitrogens is 1. The lowest BCUT2D eigenvalue weighted by atomic mass is 9.90. The maximum absolute atomic E-state index is 14.6. The molecule has 0 aliphatic rings. The molecule has 0 saturated heterocycles. The molecule has 11 heteroatoms. The lowest BCUT2D eigenvalue weighted by molar-refractivity contribution is -0.348. The number of aryl methyl sites for hydroxylation is 2. The van der Waals surface area contributed by atoms with Crippen LogP contribution in [0.3, 0.4) is 0 Å². The van der Waals surface area contributed by atoms with Crippen LogP contribution in [-0.2, 0) is 10.4 Å². The van der Waals surface area contributed by atoms with Crippen molar-refractivity contribution < 1.29 is 40.3 Å². The molecule has 3 rings (SSSR count). The third kappa shape index (κ3) is 4.15. The van der Waals surface area contributed by atoms with Crippen LogP contribution in [0.15, 0.2) is 48.7 Å². The van der Waals surface area contributed by atoms with Crippen LogP contribution in [0.4, 0.5) is 30.7 Å². The minimum absolute atomic E-state index is 0.0230. The average molecular weight is 508 g/mol. The number of esters is 1. The fourth-order valence-corrected chi connectivity index (χ4v) is 3.98. The third-order valence-electron chi connectivity index (χ3n) is 5.33. The van der Waals surface area contributed by atoms with Gasteiger partial charge in [-0.3, -0.25) is 0 Å². The summed E-state index contributed by atoms with van der Waals surface area (Å²) in [6.45, 7) is 2.56. The number of hydrogen-bond acceptors (Lipinski definition) is 2. The molecule has 0 amide bonds. The van der Waals surface area contributed by atoms with Crippen molar-refractivity contribution in [3.8, 4) is 16.9 Å². The molecule has 0 fully saturated rings. The standard InChI is InChI=1S/C23H17ClF7NO2/c1-12-9-15(21(25,22(26,27)28)23(29,30)31)10-13(2)19(12)32-8-4-5-18(32)14-6-7-17(24)16(11-14)20(33)34-3/h4-11H,1-3H3. The first-order valence-corrected chi connectivity index (χ1v) is 10.0. The van der Waals surface area contributed by atoms with Gasteiger partial charge in [-0.25, -0.2) is 9.18 Å². The maximum Gasteiger partial charge on any atom is 0.435 e. The van der Waals surface area contributed by atoms with Crippen molar-refractivity contribution in [2.45, 2.75) is 31.9 Å². The number of halogens is 8. The summed E-state index contributed by atoms with van der Waals surface area (Å²) in [4.78, 5) is 12.0. The van der Waals surface area contributed by atoms with Crippen LogP contribution in [0.2, 0.25) is 5.02 Å². The normalized spacial score (nSPS) is 12.7. The molecule has 0 aliphatic carbocycles. The zero-order valence-electron chi connectivity index (χ0n) is 17.9. The lowest BCUT2D eigenvalue weighted by Crippen LogP contribution is -2.50. The first kappa shape index (κ1) is 25.6. The smallest absolute Gasteiger partial charge is 0.435 e. The second-order valence-corrected chi connectivity index (χ2v) is 7.97. The van der Waals surface area contributed by atoms with Crippen LogP contribution in [0.25, 0.3) is 16.9 Å². The molecular formula is C23H17ClF7NO2. The van der Waals surface area contributed by atoms with Crippen LogP contribution in [0.1, 0.15) is 27.0 Å². The first-order valence-electron chi connectivity index (χ1n) is 9.63. The van der Waals surface area contributed by atoms with Crippen LogP contribution in [-0.4, -0.2) is 30.0 Å². The van der Waals surface area contributed by atoms with Gasteiger partial charge in [0.05, 0.1) is 29.1 Å². The molecular weight excluding hydrogens is 491 g/mol. The number of nitrogens with zero attached hydrogens (tertiary/aromatic N) is 1. The van der Waals surface area contributed by atoms with Gasteiger partial charge in [0.15, 0.2) is 0 Å².